The molecule has 0 saturated carbocycles. The average molecular weight is 405 g/mol. The van der Waals surface area contributed by atoms with Crippen molar-refractivity contribution in [3.63, 3.8) is 0 Å². The predicted molar refractivity (Wildman–Crippen MR) is 98.6 cm³/mol. The van der Waals surface area contributed by atoms with Crippen molar-refractivity contribution in [2.75, 3.05) is 25.5 Å². The summed E-state index contributed by atoms with van der Waals surface area (Å²) in [6, 6.07) is 6.05. The first kappa shape index (κ1) is 18.6. The van der Waals surface area contributed by atoms with Crippen molar-refractivity contribution in [3.05, 3.63) is 35.9 Å². The molecule has 3 rings (SSSR count). The molecule has 1 N–H and O–H groups in total. The Kier molecular flexibility index (Phi) is 5.63. The molecule has 9 heteroatoms. The quantitative estimate of drug-likeness (QED) is 0.783. The van der Waals surface area contributed by atoms with Gasteiger partial charge in [0.2, 0.25) is 9.74 Å². The van der Waals surface area contributed by atoms with E-state index in [2.05, 4.69) is 32.2 Å². The van der Waals surface area contributed by atoms with Crippen LogP contribution in [0.1, 0.15) is 18.7 Å². The summed E-state index contributed by atoms with van der Waals surface area (Å²) in [5.41, 5.74) is 0.616. The van der Waals surface area contributed by atoms with Gasteiger partial charge in [-0.3, -0.25) is 0 Å². The number of hydrogen-bond donors (Lipinski definition) is 1. The van der Waals surface area contributed by atoms with Crippen LogP contribution in [0.5, 0.6) is 0 Å². The van der Waals surface area contributed by atoms with Crippen molar-refractivity contribution in [2.24, 2.45) is 0 Å². The highest BCUT2D eigenvalue weighted by molar-refractivity contribution is 6.66. The normalized spacial score (nSPS) is 16.8. The second kappa shape index (κ2) is 7.58. The van der Waals surface area contributed by atoms with Gasteiger partial charge in [-0.25, -0.2) is 9.37 Å². The van der Waals surface area contributed by atoms with Gasteiger partial charge in [0, 0.05) is 11.6 Å². The second-order valence-corrected chi connectivity index (χ2v) is 8.31. The van der Waals surface area contributed by atoms with Crippen molar-refractivity contribution >= 4 is 40.8 Å². The van der Waals surface area contributed by atoms with Crippen LogP contribution in [0.2, 0.25) is 0 Å². The first-order valence-corrected chi connectivity index (χ1v) is 8.99. The Bertz CT molecular complexity index is 728. The van der Waals surface area contributed by atoms with Gasteiger partial charge in [-0.2, -0.15) is 9.97 Å². The summed E-state index contributed by atoms with van der Waals surface area (Å²) in [7, 11) is 2.09. The van der Waals surface area contributed by atoms with E-state index in [-0.39, 0.29) is 17.7 Å². The lowest BCUT2D eigenvalue weighted by molar-refractivity contribution is 0.263. The number of halogens is 4. The predicted octanol–water partition coefficient (Wildman–Crippen LogP) is 4.01. The topological polar surface area (TPSA) is 53.9 Å². The van der Waals surface area contributed by atoms with E-state index in [1.807, 2.05) is 0 Å². The summed E-state index contributed by atoms with van der Waals surface area (Å²) in [5.74, 6) is 0.364. The summed E-state index contributed by atoms with van der Waals surface area (Å²) in [6.45, 7) is 1.98. The maximum absolute atomic E-state index is 13.2. The third-order valence-corrected chi connectivity index (χ3v) is 4.55. The van der Waals surface area contributed by atoms with E-state index in [4.69, 9.17) is 34.8 Å². The zero-order valence-corrected chi connectivity index (χ0v) is 15.8. The first-order chi connectivity index (χ1) is 11.8. The van der Waals surface area contributed by atoms with Crippen LogP contribution >= 0.6 is 34.8 Å². The highest BCUT2D eigenvalue weighted by atomic mass is 35.6. The Morgan fingerprint density at radius 3 is 2.32 bits per heavy atom. The van der Waals surface area contributed by atoms with Crippen LogP contribution in [0.25, 0.3) is 11.4 Å². The van der Waals surface area contributed by atoms with Crippen molar-refractivity contribution in [2.45, 2.75) is 22.7 Å². The number of aromatic nitrogens is 3. The molecule has 0 atom stereocenters. The van der Waals surface area contributed by atoms with E-state index in [1.54, 1.807) is 12.1 Å². The minimum atomic E-state index is -1.78. The van der Waals surface area contributed by atoms with Crippen molar-refractivity contribution in [1.82, 2.24) is 19.9 Å². The number of piperidine rings is 1. The summed E-state index contributed by atoms with van der Waals surface area (Å²) in [4.78, 5) is 15.1. The Labute approximate surface area is 160 Å². The van der Waals surface area contributed by atoms with Gasteiger partial charge in [0.1, 0.15) is 5.82 Å². The molecule has 1 saturated heterocycles. The molecule has 1 aromatic carbocycles. The summed E-state index contributed by atoms with van der Waals surface area (Å²) < 4.78 is 11.4. The Hall–Kier alpha value is -1.21. The van der Waals surface area contributed by atoms with Gasteiger partial charge in [-0.05, 0) is 57.2 Å². The molecule has 0 aliphatic carbocycles. The maximum Gasteiger partial charge on any atom is 0.250 e. The summed E-state index contributed by atoms with van der Waals surface area (Å²) >= 11 is 17.9. The van der Waals surface area contributed by atoms with Crippen LogP contribution in [-0.4, -0.2) is 46.0 Å². The number of likely N-dealkylation sites (tertiary alicyclic amines) is 1. The van der Waals surface area contributed by atoms with Crippen LogP contribution in [0.4, 0.5) is 10.3 Å². The number of benzene rings is 1. The second-order valence-electron chi connectivity index (χ2n) is 6.03. The Morgan fingerprint density at radius 2 is 1.72 bits per heavy atom. The third-order valence-electron chi connectivity index (χ3n) is 4.04. The van der Waals surface area contributed by atoms with Crippen LogP contribution in [0.3, 0.4) is 0 Å². The van der Waals surface area contributed by atoms with E-state index < -0.39 is 3.79 Å². The van der Waals surface area contributed by atoms with E-state index in [0.29, 0.717) is 17.3 Å². The lowest BCUT2D eigenvalue weighted by Crippen LogP contribution is -2.37. The number of rotatable bonds is 3. The largest absolute Gasteiger partial charge is 0.351 e. The molecule has 1 aliphatic heterocycles. The number of hydrogen-bond acceptors (Lipinski definition) is 5. The average Bonchev–Trinajstić information content (AvgIpc) is 2.56. The minimum Gasteiger partial charge on any atom is -0.351 e. The molecule has 134 valence electrons. The molecule has 0 radical (unpaired) electrons. The third kappa shape index (κ3) is 4.91. The number of nitrogens with one attached hydrogen (secondary N) is 1. The van der Waals surface area contributed by atoms with Gasteiger partial charge < -0.3 is 10.2 Å². The standard InChI is InChI=1S/C16H17Cl3FN5/c1-25-8-6-12(7-9-25)21-15-23-13(10-2-4-11(20)5-3-10)22-14(24-15)16(17,18)19/h2-5,12H,6-9H2,1H3,(H,21,22,23,24). The number of alkyl halides is 3. The molecule has 0 amide bonds. The van der Waals surface area contributed by atoms with Crippen LogP contribution < -0.4 is 5.32 Å². The van der Waals surface area contributed by atoms with Gasteiger partial charge in [0.25, 0.3) is 0 Å². The number of anilines is 1. The molecule has 1 aliphatic rings. The lowest BCUT2D eigenvalue weighted by Gasteiger charge is -2.29. The maximum atomic E-state index is 13.2. The SMILES string of the molecule is CN1CCC(Nc2nc(-c3ccc(F)cc3)nc(C(Cl)(Cl)Cl)n2)CC1. The van der Waals surface area contributed by atoms with Gasteiger partial charge >= 0.3 is 0 Å². The van der Waals surface area contributed by atoms with Crippen molar-refractivity contribution < 1.29 is 4.39 Å². The molecule has 25 heavy (non-hydrogen) atoms. The fraction of sp³-hybridized carbons (Fsp3) is 0.438. The molecule has 1 aromatic heterocycles. The Balaban J connectivity index is 1.91. The molecule has 1 fully saturated rings. The molecule has 2 aromatic rings. The zero-order chi connectivity index (χ0) is 18.0. The highest BCUT2D eigenvalue weighted by Gasteiger charge is 2.29. The fourth-order valence-corrected chi connectivity index (χ4v) is 2.88. The van der Waals surface area contributed by atoms with E-state index in [1.165, 1.54) is 12.1 Å². The van der Waals surface area contributed by atoms with Gasteiger partial charge in [-0.1, -0.05) is 34.8 Å². The van der Waals surface area contributed by atoms with Gasteiger partial charge in [0.15, 0.2) is 11.6 Å². The molecule has 5 nitrogen and oxygen atoms in total. The van der Waals surface area contributed by atoms with E-state index >= 15 is 0 Å². The molecular formula is C16H17Cl3FN5. The molecule has 0 spiro atoms. The molecular weight excluding hydrogens is 388 g/mol. The summed E-state index contributed by atoms with van der Waals surface area (Å²) in [6.07, 6.45) is 1.94. The monoisotopic (exact) mass is 403 g/mol. The van der Waals surface area contributed by atoms with Crippen LogP contribution in [0, 0.1) is 5.82 Å². The fourth-order valence-electron chi connectivity index (χ4n) is 2.63. The molecule has 0 bridgehead atoms. The smallest absolute Gasteiger partial charge is 0.250 e. The molecule has 2 heterocycles. The van der Waals surface area contributed by atoms with Gasteiger partial charge in [-0.15, -0.1) is 0 Å². The van der Waals surface area contributed by atoms with Gasteiger partial charge in [0.05, 0.1) is 0 Å². The first-order valence-electron chi connectivity index (χ1n) is 7.85. The van der Waals surface area contributed by atoms with Crippen LogP contribution in [0.15, 0.2) is 24.3 Å². The number of nitrogens with zero attached hydrogens (tertiary/aromatic N) is 4. The zero-order valence-electron chi connectivity index (χ0n) is 13.5. The van der Waals surface area contributed by atoms with E-state index in [9.17, 15) is 4.39 Å². The van der Waals surface area contributed by atoms with E-state index in [0.717, 1.165) is 25.9 Å². The lowest BCUT2D eigenvalue weighted by atomic mass is 10.1. The Morgan fingerprint density at radius 1 is 1.08 bits per heavy atom. The van der Waals surface area contributed by atoms with Crippen molar-refractivity contribution in [3.8, 4) is 11.4 Å². The highest BCUT2D eigenvalue weighted by Crippen LogP contribution is 2.37. The summed E-state index contributed by atoms with van der Waals surface area (Å²) in [5, 5.41) is 3.30. The molecule has 0 unspecified atom stereocenters. The van der Waals surface area contributed by atoms with Crippen LogP contribution in [-0.2, 0) is 3.79 Å². The van der Waals surface area contributed by atoms with Crippen molar-refractivity contribution in [1.29, 1.82) is 0 Å². The minimum absolute atomic E-state index is 0.0299.